The molecule has 61 heavy (non-hydrogen) atoms. The Hall–Kier alpha value is -6.30. The zero-order valence-corrected chi connectivity index (χ0v) is 36.3. The van der Waals surface area contributed by atoms with Gasteiger partial charge >= 0.3 is 0 Å². The Morgan fingerprint density at radius 3 is 1.84 bits per heavy atom. The second-order valence-corrected chi connectivity index (χ2v) is 20.2. The van der Waals surface area contributed by atoms with E-state index in [-0.39, 0.29) is 5.41 Å². The highest BCUT2D eigenvalue weighted by Gasteiger charge is 2.37. The molecule has 0 N–H and O–H groups in total. The highest BCUT2D eigenvalue weighted by molar-refractivity contribution is 7.27. The van der Waals surface area contributed by atoms with Crippen molar-refractivity contribution in [3.05, 3.63) is 191 Å². The molecule has 3 aromatic heterocycles. The van der Waals surface area contributed by atoms with E-state index in [1.807, 2.05) is 34.0 Å². The second kappa shape index (κ2) is 13.3. The monoisotopic (exact) mass is 833 g/mol. The average Bonchev–Trinajstić information content (AvgIpc) is 4.06. The number of benzene rings is 8. The van der Waals surface area contributed by atoms with Crippen molar-refractivity contribution >= 4 is 108 Å². The topological polar surface area (TPSA) is 3.24 Å². The Balaban J connectivity index is 0.984. The summed E-state index contributed by atoms with van der Waals surface area (Å²) in [5, 5.41) is 6.67. The summed E-state index contributed by atoms with van der Waals surface area (Å²) in [6.07, 6.45) is 6.92. The largest absolute Gasteiger partial charge is 0.309 e. The molecule has 13 rings (SSSR count). The van der Waals surface area contributed by atoms with Gasteiger partial charge in [-0.05, 0) is 93.7 Å². The lowest BCUT2D eigenvalue weighted by Crippen LogP contribution is -2.14. The first-order valence-electron chi connectivity index (χ1n) is 21.2. The molecule has 8 aromatic carbocycles. The summed E-state index contributed by atoms with van der Waals surface area (Å²) in [4.78, 5) is 3.99. The maximum atomic E-state index is 2.48. The molecule has 0 aliphatic heterocycles. The van der Waals surface area contributed by atoms with Gasteiger partial charge in [0.05, 0.1) is 10.4 Å². The van der Waals surface area contributed by atoms with Crippen molar-refractivity contribution in [3.8, 4) is 33.4 Å². The normalized spacial score (nSPS) is 14.0. The Kier molecular flexibility index (Phi) is 7.76. The lowest BCUT2D eigenvalue weighted by molar-refractivity contribution is 0.661. The first-order chi connectivity index (χ1) is 30.0. The van der Waals surface area contributed by atoms with Crippen LogP contribution in [0.1, 0.15) is 41.8 Å². The number of hydrogen-bond acceptors (Lipinski definition) is 4. The molecule has 0 amide bonds. The molecule has 0 saturated heterocycles. The van der Waals surface area contributed by atoms with E-state index >= 15 is 0 Å². The first kappa shape index (κ1) is 35.5. The standard InChI is InChI=1S/C57H39NS3/c1-57(2)47-20-6-3-14-46(47)52-48(57)33-32-45-44-19-11-21-49(55(44)61-56(45)52)58(36-28-24-34(25-29-36)38-15-9-17-42-40-12-4-7-22-50(40)59-53(38)42)37-30-26-35(27-31-37)39-16-10-18-43-41-13-5-8-23-51(41)60-54(39)43/h3-7,9-22,24-33H,8,23H2,1-2H3. The van der Waals surface area contributed by atoms with E-state index in [4.69, 9.17) is 0 Å². The SMILES string of the molecule is CC1(C)c2ccccc2-c2c1ccc1c2sc2c(N(c3ccc(-c4cccc5c6c(sc45)CCC=C6)cc3)c3ccc(-c4cccc5c4sc4ccccc45)cc3)cccc21. The van der Waals surface area contributed by atoms with Crippen molar-refractivity contribution in [2.24, 2.45) is 0 Å². The fourth-order valence-electron chi connectivity index (χ4n) is 10.4. The molecule has 290 valence electrons. The number of nitrogens with zero attached hydrogens (tertiary/aromatic N) is 1. The minimum atomic E-state index is -0.0434. The van der Waals surface area contributed by atoms with Crippen LogP contribution < -0.4 is 4.90 Å². The molecule has 4 heteroatoms. The van der Waals surface area contributed by atoms with Crippen molar-refractivity contribution in [1.82, 2.24) is 0 Å². The fourth-order valence-corrected chi connectivity index (χ4v) is 14.3. The molecular weight excluding hydrogens is 795 g/mol. The number of aryl methyl sites for hydroxylation is 1. The molecule has 0 saturated carbocycles. The van der Waals surface area contributed by atoms with Crippen molar-refractivity contribution in [2.45, 2.75) is 32.1 Å². The molecule has 0 fully saturated rings. The zero-order chi connectivity index (χ0) is 40.4. The van der Waals surface area contributed by atoms with Crippen LogP contribution in [0.2, 0.25) is 0 Å². The van der Waals surface area contributed by atoms with Crippen molar-refractivity contribution in [3.63, 3.8) is 0 Å². The number of hydrogen-bond donors (Lipinski definition) is 0. The van der Waals surface area contributed by atoms with Crippen LogP contribution in [0.3, 0.4) is 0 Å². The molecule has 2 aliphatic rings. The summed E-state index contributed by atoms with van der Waals surface area (Å²) in [6.45, 7) is 4.76. The number of rotatable bonds is 5. The molecule has 0 unspecified atom stereocenters. The van der Waals surface area contributed by atoms with Crippen LogP contribution in [0.5, 0.6) is 0 Å². The van der Waals surface area contributed by atoms with Gasteiger partial charge in [0, 0.05) is 73.0 Å². The highest BCUT2D eigenvalue weighted by Crippen LogP contribution is 2.55. The lowest BCUT2D eigenvalue weighted by Gasteiger charge is -2.26. The van der Waals surface area contributed by atoms with Crippen LogP contribution in [0.4, 0.5) is 17.1 Å². The van der Waals surface area contributed by atoms with Gasteiger partial charge in [0.15, 0.2) is 0 Å². The van der Waals surface area contributed by atoms with Gasteiger partial charge in [-0.2, -0.15) is 0 Å². The first-order valence-corrected chi connectivity index (χ1v) is 23.7. The van der Waals surface area contributed by atoms with Gasteiger partial charge in [-0.3, -0.25) is 0 Å². The molecule has 0 spiro atoms. The van der Waals surface area contributed by atoms with Crippen molar-refractivity contribution in [1.29, 1.82) is 0 Å². The van der Waals surface area contributed by atoms with Crippen LogP contribution in [0, 0.1) is 0 Å². The molecular formula is C57H39NS3. The summed E-state index contributed by atoms with van der Waals surface area (Å²) in [6, 6.07) is 61.7. The van der Waals surface area contributed by atoms with E-state index in [1.165, 1.54) is 111 Å². The second-order valence-electron chi connectivity index (χ2n) is 17.1. The van der Waals surface area contributed by atoms with Gasteiger partial charge in [0.1, 0.15) is 0 Å². The van der Waals surface area contributed by atoms with Crippen LogP contribution in [-0.4, -0.2) is 0 Å². The smallest absolute Gasteiger partial charge is 0.0640 e. The number of thiophene rings is 3. The maximum Gasteiger partial charge on any atom is 0.0640 e. The third kappa shape index (κ3) is 5.23. The summed E-state index contributed by atoms with van der Waals surface area (Å²) in [7, 11) is 0. The zero-order valence-electron chi connectivity index (χ0n) is 33.8. The van der Waals surface area contributed by atoms with E-state index in [0.29, 0.717) is 0 Å². The lowest BCUT2D eigenvalue weighted by atomic mass is 9.82. The van der Waals surface area contributed by atoms with Gasteiger partial charge in [0.2, 0.25) is 0 Å². The number of fused-ring (bicyclic) bond motifs is 13. The maximum absolute atomic E-state index is 2.48. The molecule has 0 atom stereocenters. The number of allylic oxidation sites excluding steroid dienone is 1. The summed E-state index contributed by atoms with van der Waals surface area (Å²) >= 11 is 5.81. The Labute approximate surface area is 367 Å². The quantitative estimate of drug-likeness (QED) is 0.167. The molecule has 1 nitrogen and oxygen atoms in total. The molecule has 0 radical (unpaired) electrons. The van der Waals surface area contributed by atoms with Gasteiger partial charge in [-0.1, -0.05) is 153 Å². The number of anilines is 3. The van der Waals surface area contributed by atoms with E-state index in [0.717, 1.165) is 24.2 Å². The fraction of sp³-hybridized carbons (Fsp3) is 0.0877. The van der Waals surface area contributed by atoms with Crippen LogP contribution in [0.25, 0.3) is 89.9 Å². The summed E-state index contributed by atoms with van der Waals surface area (Å²) in [5.74, 6) is 0. The van der Waals surface area contributed by atoms with E-state index in [9.17, 15) is 0 Å². The average molecular weight is 834 g/mol. The van der Waals surface area contributed by atoms with Gasteiger partial charge in [0.25, 0.3) is 0 Å². The molecule has 2 aliphatic carbocycles. The van der Waals surface area contributed by atoms with Crippen molar-refractivity contribution < 1.29 is 0 Å². The van der Waals surface area contributed by atoms with Crippen LogP contribution >= 0.6 is 34.0 Å². The van der Waals surface area contributed by atoms with Crippen LogP contribution in [-0.2, 0) is 11.8 Å². The van der Waals surface area contributed by atoms with Gasteiger partial charge < -0.3 is 4.90 Å². The predicted molar refractivity (Wildman–Crippen MR) is 268 cm³/mol. The minimum absolute atomic E-state index is 0.0434. The predicted octanol–water partition coefficient (Wildman–Crippen LogP) is 17.7. The molecule has 11 aromatic rings. The summed E-state index contributed by atoms with van der Waals surface area (Å²) in [5.41, 5.74) is 15.5. The minimum Gasteiger partial charge on any atom is -0.309 e. The van der Waals surface area contributed by atoms with Crippen molar-refractivity contribution in [2.75, 3.05) is 4.90 Å². The third-order valence-corrected chi connectivity index (χ3v) is 17.2. The van der Waals surface area contributed by atoms with E-state index in [2.05, 4.69) is 195 Å². The van der Waals surface area contributed by atoms with Crippen LogP contribution in [0.15, 0.2) is 170 Å². The highest BCUT2D eigenvalue weighted by atomic mass is 32.1. The van der Waals surface area contributed by atoms with E-state index < -0.39 is 0 Å². The Bertz CT molecular complexity index is 3610. The Morgan fingerprint density at radius 2 is 1.07 bits per heavy atom. The van der Waals surface area contributed by atoms with Gasteiger partial charge in [-0.15, -0.1) is 34.0 Å². The Morgan fingerprint density at radius 1 is 0.459 bits per heavy atom. The third-order valence-electron chi connectivity index (χ3n) is 13.4. The molecule has 3 heterocycles. The van der Waals surface area contributed by atoms with Gasteiger partial charge in [-0.25, -0.2) is 0 Å². The van der Waals surface area contributed by atoms with E-state index in [1.54, 1.807) is 0 Å². The molecule has 0 bridgehead atoms. The summed E-state index contributed by atoms with van der Waals surface area (Å²) < 4.78 is 6.74.